The number of hydrogen-bond acceptors (Lipinski definition) is 6. The monoisotopic (exact) mass is 838 g/mol. The first-order valence-electron chi connectivity index (χ1n) is 22.0. The molecule has 0 fully saturated rings. The van der Waals surface area contributed by atoms with Gasteiger partial charge in [0.15, 0.2) is 12.1 Å². The fraction of sp³-hybridized carbons (Fsp3) is 0.0345. The predicted molar refractivity (Wildman–Crippen MR) is 266 cm³/mol. The maximum Gasteiger partial charge on any atom is 0.196 e. The van der Waals surface area contributed by atoms with Gasteiger partial charge in [-0.25, -0.2) is 9.98 Å². The van der Waals surface area contributed by atoms with E-state index in [-0.39, 0.29) is 12.4 Å². The zero-order valence-electron chi connectivity index (χ0n) is 35.3. The molecule has 1 aromatic heterocycles. The standard InChI is InChI=1S/C58H42N6O/c1-6-16-40(17-7-1)55-60-56(41-18-8-2-9-19-41)62-57(61-55)42-28-33-48(34-29-42)64-52-35-30-44(36-49(52)50-37-54-51(38-53(50)64)59-58(65-54)43-20-10-3-11-21-43)39-26-31-47(32-27-39)63(45-22-12-4-13-23-45)46-24-14-5-15-25-46/h1-38,55,58-59H,(H,60,61,62). The minimum absolute atomic E-state index is 0.274. The van der Waals surface area contributed by atoms with Gasteiger partial charge < -0.3 is 24.8 Å². The zero-order valence-corrected chi connectivity index (χ0v) is 35.3. The quantitative estimate of drug-likeness (QED) is 0.152. The average Bonchev–Trinajstić information content (AvgIpc) is 3.95. The number of amidine groups is 2. The number of aliphatic imine (C=N–C) groups is 2. The third-order valence-electron chi connectivity index (χ3n) is 12.3. The van der Waals surface area contributed by atoms with Gasteiger partial charge in [0.05, 0.1) is 16.7 Å². The van der Waals surface area contributed by atoms with Crippen molar-refractivity contribution in [2.75, 3.05) is 10.2 Å². The number of ether oxygens (including phenoxy) is 1. The van der Waals surface area contributed by atoms with Crippen molar-refractivity contribution in [2.45, 2.75) is 12.4 Å². The van der Waals surface area contributed by atoms with E-state index in [1.165, 1.54) is 0 Å². The van der Waals surface area contributed by atoms with Gasteiger partial charge in [0, 0.05) is 50.2 Å². The largest absolute Gasteiger partial charge is 0.464 e. The molecule has 0 saturated heterocycles. The van der Waals surface area contributed by atoms with Gasteiger partial charge in [-0.05, 0) is 102 Å². The molecule has 2 N–H and O–H groups in total. The molecular formula is C58H42N6O. The lowest BCUT2D eigenvalue weighted by atomic mass is 10.0. The molecule has 310 valence electrons. The molecule has 0 bridgehead atoms. The molecule has 10 aromatic rings. The van der Waals surface area contributed by atoms with E-state index >= 15 is 0 Å². The van der Waals surface area contributed by atoms with E-state index in [4.69, 9.17) is 14.7 Å². The Balaban J connectivity index is 0.947. The molecular weight excluding hydrogens is 797 g/mol. The van der Waals surface area contributed by atoms with E-state index in [1.54, 1.807) is 0 Å². The Morgan fingerprint density at radius 2 is 1.00 bits per heavy atom. The van der Waals surface area contributed by atoms with E-state index in [9.17, 15) is 0 Å². The summed E-state index contributed by atoms with van der Waals surface area (Å²) in [5.41, 5.74) is 13.9. The summed E-state index contributed by atoms with van der Waals surface area (Å²) in [5, 5.41) is 9.48. The lowest BCUT2D eigenvalue weighted by molar-refractivity contribution is 0.260. The van der Waals surface area contributed by atoms with E-state index in [2.05, 4.69) is 196 Å². The van der Waals surface area contributed by atoms with Crippen LogP contribution in [-0.4, -0.2) is 16.2 Å². The van der Waals surface area contributed by atoms with E-state index in [1.807, 2.05) is 54.6 Å². The van der Waals surface area contributed by atoms with Gasteiger partial charge in [0.2, 0.25) is 0 Å². The SMILES string of the molecule is c1ccc(C2=NC(c3ccc(-n4c5ccc(-c6ccc(N(c7ccccc7)c7ccccc7)cc6)cc5c5cc6c(cc54)NC(c4ccccc4)O6)cc3)=NC(c3ccccc3)N2)cc1. The second kappa shape index (κ2) is 16.2. The molecule has 0 amide bonds. The topological polar surface area (TPSA) is 66.2 Å². The fourth-order valence-corrected chi connectivity index (χ4v) is 9.08. The van der Waals surface area contributed by atoms with E-state index < -0.39 is 0 Å². The summed E-state index contributed by atoms with van der Waals surface area (Å²) in [6, 6.07) is 80.6. The normalized spacial score (nSPS) is 15.3. The van der Waals surface area contributed by atoms with Crippen LogP contribution in [0.3, 0.4) is 0 Å². The summed E-state index contributed by atoms with van der Waals surface area (Å²) in [7, 11) is 0. The van der Waals surface area contributed by atoms with Crippen molar-refractivity contribution in [3.63, 3.8) is 0 Å². The molecule has 2 aliphatic rings. The maximum atomic E-state index is 6.60. The third kappa shape index (κ3) is 7.15. The summed E-state index contributed by atoms with van der Waals surface area (Å²) in [5.74, 6) is 2.31. The van der Waals surface area contributed by atoms with Crippen LogP contribution in [0.4, 0.5) is 22.7 Å². The minimum Gasteiger partial charge on any atom is -0.464 e. The van der Waals surface area contributed by atoms with Crippen molar-refractivity contribution in [3.05, 3.63) is 253 Å². The Morgan fingerprint density at radius 3 is 1.66 bits per heavy atom. The first-order chi connectivity index (χ1) is 32.2. The molecule has 7 heteroatoms. The first-order valence-corrected chi connectivity index (χ1v) is 22.0. The molecule has 3 heterocycles. The molecule has 0 spiro atoms. The minimum atomic E-state index is -0.274. The number of benzene rings is 9. The van der Waals surface area contributed by atoms with E-state index in [0.717, 1.165) is 95.2 Å². The van der Waals surface area contributed by atoms with Gasteiger partial charge in [-0.3, -0.25) is 0 Å². The van der Waals surface area contributed by atoms with Crippen LogP contribution < -0.4 is 20.3 Å². The molecule has 12 rings (SSSR count). The Morgan fingerprint density at radius 1 is 0.446 bits per heavy atom. The highest BCUT2D eigenvalue weighted by Gasteiger charge is 2.27. The van der Waals surface area contributed by atoms with Crippen molar-refractivity contribution in [3.8, 4) is 22.6 Å². The fourth-order valence-electron chi connectivity index (χ4n) is 9.08. The lowest BCUT2D eigenvalue weighted by Gasteiger charge is -2.25. The number of anilines is 4. The summed E-state index contributed by atoms with van der Waals surface area (Å²) in [6.45, 7) is 0. The second-order valence-electron chi connectivity index (χ2n) is 16.3. The number of para-hydroxylation sites is 2. The van der Waals surface area contributed by atoms with Gasteiger partial charge >= 0.3 is 0 Å². The van der Waals surface area contributed by atoms with Gasteiger partial charge in [0.1, 0.15) is 17.8 Å². The van der Waals surface area contributed by atoms with Crippen LogP contribution in [0.1, 0.15) is 34.6 Å². The van der Waals surface area contributed by atoms with Crippen molar-refractivity contribution in [1.29, 1.82) is 0 Å². The van der Waals surface area contributed by atoms with Crippen LogP contribution in [0.5, 0.6) is 5.75 Å². The number of fused-ring (bicyclic) bond motifs is 4. The molecule has 2 unspecified atom stereocenters. The summed E-state index contributed by atoms with van der Waals surface area (Å²) in [4.78, 5) is 12.5. The molecule has 9 aromatic carbocycles. The number of nitrogens with one attached hydrogen (secondary N) is 2. The molecule has 65 heavy (non-hydrogen) atoms. The molecule has 7 nitrogen and oxygen atoms in total. The highest BCUT2D eigenvalue weighted by atomic mass is 16.5. The summed E-state index contributed by atoms with van der Waals surface area (Å²) >= 11 is 0. The van der Waals surface area contributed by atoms with Gasteiger partial charge in [-0.2, -0.15) is 0 Å². The molecule has 0 aliphatic carbocycles. The Kier molecular flexibility index (Phi) is 9.49. The van der Waals surface area contributed by atoms with Gasteiger partial charge in [-0.1, -0.05) is 146 Å². The van der Waals surface area contributed by atoms with Gasteiger partial charge in [0.25, 0.3) is 0 Å². The summed E-state index contributed by atoms with van der Waals surface area (Å²) < 4.78 is 8.95. The van der Waals surface area contributed by atoms with Crippen molar-refractivity contribution in [1.82, 2.24) is 9.88 Å². The highest BCUT2D eigenvalue weighted by Crippen LogP contribution is 2.45. The average molecular weight is 839 g/mol. The highest BCUT2D eigenvalue weighted by molar-refractivity contribution is 6.14. The van der Waals surface area contributed by atoms with Crippen LogP contribution in [0.25, 0.3) is 38.6 Å². The predicted octanol–water partition coefficient (Wildman–Crippen LogP) is 13.9. The molecule has 2 aliphatic heterocycles. The number of aromatic nitrogens is 1. The second-order valence-corrected chi connectivity index (χ2v) is 16.3. The smallest absolute Gasteiger partial charge is 0.196 e. The van der Waals surface area contributed by atoms with Gasteiger partial charge in [-0.15, -0.1) is 0 Å². The van der Waals surface area contributed by atoms with Crippen molar-refractivity contribution < 1.29 is 4.74 Å². The molecule has 0 saturated carbocycles. The Labute approximate surface area is 377 Å². The lowest BCUT2D eigenvalue weighted by Crippen LogP contribution is -2.33. The summed E-state index contributed by atoms with van der Waals surface area (Å²) in [6.07, 6.45) is -0.548. The van der Waals surface area contributed by atoms with Crippen LogP contribution in [0, 0.1) is 0 Å². The van der Waals surface area contributed by atoms with E-state index in [0.29, 0.717) is 5.84 Å². The molecule has 0 radical (unpaired) electrons. The number of rotatable bonds is 9. The first kappa shape index (κ1) is 38.0. The number of hydrogen-bond donors (Lipinski definition) is 2. The van der Waals surface area contributed by atoms with Crippen molar-refractivity contribution >= 4 is 56.2 Å². The number of nitrogens with zero attached hydrogens (tertiary/aromatic N) is 4. The maximum absolute atomic E-state index is 6.60. The Hall–Kier alpha value is -8.68. The van der Waals surface area contributed by atoms with Crippen LogP contribution in [-0.2, 0) is 0 Å². The van der Waals surface area contributed by atoms with Crippen LogP contribution in [0.15, 0.2) is 241 Å². The zero-order chi connectivity index (χ0) is 43.1. The third-order valence-corrected chi connectivity index (χ3v) is 12.3. The molecule has 2 atom stereocenters. The Bertz CT molecular complexity index is 3330. The van der Waals surface area contributed by atoms with Crippen LogP contribution in [0.2, 0.25) is 0 Å². The van der Waals surface area contributed by atoms with Crippen LogP contribution >= 0.6 is 0 Å². The van der Waals surface area contributed by atoms with Crippen molar-refractivity contribution in [2.24, 2.45) is 9.98 Å².